The van der Waals surface area contributed by atoms with Gasteiger partial charge in [0.25, 0.3) is 0 Å². The van der Waals surface area contributed by atoms with Crippen molar-refractivity contribution in [2.24, 2.45) is 0 Å². The standard InChI is InChI=1S/C30H56N2O4/c1-25(2)34-26(3)17-13-9-7-11-15-19-31-21-27-23-32(24-28(22-31)35-27)20-16-12-8-10-14-18-29(33)36-30(4,5)6/h25,27-28H,3,7-24H2,1-2,4-6H3. The zero-order valence-electron chi connectivity index (χ0n) is 24.2. The molecule has 0 aliphatic carbocycles. The number of nitrogens with zero attached hydrogens (tertiary/aromatic N) is 2. The van der Waals surface area contributed by atoms with E-state index in [2.05, 4.69) is 30.2 Å². The molecule has 2 saturated heterocycles. The van der Waals surface area contributed by atoms with Gasteiger partial charge in [-0.05, 0) is 73.4 Å². The number of carbonyl (C=O) groups excluding carboxylic acids is 1. The van der Waals surface area contributed by atoms with E-state index in [9.17, 15) is 4.79 Å². The van der Waals surface area contributed by atoms with Crippen LogP contribution in [0.2, 0.25) is 0 Å². The lowest BCUT2D eigenvalue weighted by Crippen LogP contribution is -2.59. The first-order chi connectivity index (χ1) is 17.1. The molecule has 2 atom stereocenters. The predicted molar refractivity (Wildman–Crippen MR) is 148 cm³/mol. The summed E-state index contributed by atoms with van der Waals surface area (Å²) in [7, 11) is 0. The van der Waals surface area contributed by atoms with Crippen LogP contribution >= 0.6 is 0 Å². The minimum absolute atomic E-state index is 0.0638. The van der Waals surface area contributed by atoms with Gasteiger partial charge in [-0.25, -0.2) is 0 Å². The van der Waals surface area contributed by atoms with Crippen molar-refractivity contribution in [3.05, 3.63) is 12.3 Å². The molecule has 0 aromatic carbocycles. The molecule has 6 heteroatoms. The fourth-order valence-electron chi connectivity index (χ4n) is 5.33. The summed E-state index contributed by atoms with van der Waals surface area (Å²) in [5.74, 6) is 0.875. The Balaban J connectivity index is 1.45. The summed E-state index contributed by atoms with van der Waals surface area (Å²) in [6, 6.07) is 0. The molecule has 36 heavy (non-hydrogen) atoms. The average molecular weight is 509 g/mol. The summed E-state index contributed by atoms with van der Waals surface area (Å²) in [6.07, 6.45) is 14.6. The molecule has 2 aliphatic heterocycles. The maximum absolute atomic E-state index is 11.8. The van der Waals surface area contributed by atoms with Crippen molar-refractivity contribution in [2.45, 2.75) is 136 Å². The third-order valence-corrected chi connectivity index (χ3v) is 6.84. The third-order valence-electron chi connectivity index (χ3n) is 6.84. The van der Waals surface area contributed by atoms with Crippen LogP contribution in [0.25, 0.3) is 0 Å². The molecule has 2 unspecified atom stereocenters. The fourth-order valence-corrected chi connectivity index (χ4v) is 5.33. The minimum atomic E-state index is -0.371. The third kappa shape index (κ3) is 14.6. The Morgan fingerprint density at radius 3 is 1.72 bits per heavy atom. The van der Waals surface area contributed by atoms with Crippen molar-refractivity contribution >= 4 is 5.97 Å². The van der Waals surface area contributed by atoms with Crippen LogP contribution in [-0.4, -0.2) is 79.0 Å². The summed E-state index contributed by atoms with van der Waals surface area (Å²) in [5, 5.41) is 0. The molecule has 0 aromatic rings. The van der Waals surface area contributed by atoms with E-state index in [1.165, 1.54) is 64.5 Å². The Kier molecular flexibility index (Phi) is 14.4. The van der Waals surface area contributed by atoms with Crippen molar-refractivity contribution in [1.29, 1.82) is 0 Å². The number of allylic oxidation sites excluding steroid dienone is 1. The van der Waals surface area contributed by atoms with E-state index >= 15 is 0 Å². The molecular formula is C30H56N2O4. The Hall–Kier alpha value is -1.11. The lowest BCUT2D eigenvalue weighted by Gasteiger charge is -2.46. The van der Waals surface area contributed by atoms with Gasteiger partial charge in [0.1, 0.15) is 5.60 Å². The quantitative estimate of drug-likeness (QED) is 0.122. The monoisotopic (exact) mass is 508 g/mol. The molecule has 2 bridgehead atoms. The first-order valence-corrected chi connectivity index (χ1v) is 14.8. The molecule has 0 aromatic heterocycles. The van der Waals surface area contributed by atoms with E-state index in [4.69, 9.17) is 14.2 Å². The van der Waals surface area contributed by atoms with Gasteiger partial charge in [-0.2, -0.15) is 0 Å². The number of morpholine rings is 2. The Morgan fingerprint density at radius 1 is 0.806 bits per heavy atom. The number of carbonyl (C=O) groups is 1. The van der Waals surface area contributed by atoms with Gasteiger partial charge in [0.05, 0.1) is 24.1 Å². The maximum atomic E-state index is 11.8. The highest BCUT2D eigenvalue weighted by atomic mass is 16.6. The fraction of sp³-hybridized carbons (Fsp3) is 0.900. The second kappa shape index (κ2) is 16.7. The Labute approximate surface area is 222 Å². The zero-order chi connectivity index (χ0) is 26.4. The number of fused-ring (bicyclic) bond motifs is 2. The largest absolute Gasteiger partial charge is 0.496 e. The van der Waals surface area contributed by atoms with E-state index < -0.39 is 0 Å². The van der Waals surface area contributed by atoms with Gasteiger partial charge in [-0.15, -0.1) is 0 Å². The van der Waals surface area contributed by atoms with Crippen molar-refractivity contribution in [1.82, 2.24) is 9.80 Å². The van der Waals surface area contributed by atoms with Gasteiger partial charge in [0.15, 0.2) is 0 Å². The second-order valence-corrected chi connectivity index (χ2v) is 12.2. The van der Waals surface area contributed by atoms with Crippen LogP contribution in [0.15, 0.2) is 12.3 Å². The van der Waals surface area contributed by atoms with Crippen LogP contribution in [0.3, 0.4) is 0 Å². The summed E-state index contributed by atoms with van der Waals surface area (Å²) < 4.78 is 17.3. The van der Waals surface area contributed by atoms with Gasteiger partial charge in [0, 0.05) is 39.0 Å². The topological polar surface area (TPSA) is 51.2 Å². The summed E-state index contributed by atoms with van der Waals surface area (Å²) in [5.41, 5.74) is -0.371. The lowest BCUT2D eigenvalue weighted by molar-refractivity contribution is -0.154. The van der Waals surface area contributed by atoms with Gasteiger partial charge >= 0.3 is 5.97 Å². The average Bonchev–Trinajstić information content (AvgIpc) is 2.75. The highest BCUT2D eigenvalue weighted by Crippen LogP contribution is 2.21. The number of rotatable bonds is 18. The van der Waals surface area contributed by atoms with E-state index in [0.717, 1.165) is 51.2 Å². The van der Waals surface area contributed by atoms with Gasteiger partial charge in [-0.1, -0.05) is 45.1 Å². The summed E-state index contributed by atoms with van der Waals surface area (Å²) in [6.45, 7) is 20.6. The van der Waals surface area contributed by atoms with Crippen molar-refractivity contribution in [3.8, 4) is 0 Å². The van der Waals surface area contributed by atoms with E-state index in [-0.39, 0.29) is 17.7 Å². The van der Waals surface area contributed by atoms with Crippen LogP contribution in [0.5, 0.6) is 0 Å². The molecule has 0 amide bonds. The van der Waals surface area contributed by atoms with Gasteiger partial charge < -0.3 is 14.2 Å². The highest BCUT2D eigenvalue weighted by molar-refractivity contribution is 5.69. The second-order valence-electron chi connectivity index (χ2n) is 12.2. The summed E-state index contributed by atoms with van der Waals surface area (Å²) >= 11 is 0. The smallest absolute Gasteiger partial charge is 0.306 e. The predicted octanol–water partition coefficient (Wildman–Crippen LogP) is 6.33. The van der Waals surface area contributed by atoms with E-state index in [0.29, 0.717) is 18.6 Å². The van der Waals surface area contributed by atoms with Crippen LogP contribution < -0.4 is 0 Å². The minimum Gasteiger partial charge on any atom is -0.496 e. The number of esters is 1. The van der Waals surface area contributed by atoms with Gasteiger partial charge in [-0.3, -0.25) is 14.6 Å². The number of ether oxygens (including phenoxy) is 3. The van der Waals surface area contributed by atoms with Crippen molar-refractivity contribution < 1.29 is 19.0 Å². The van der Waals surface area contributed by atoms with Crippen LogP contribution in [0.1, 0.15) is 112 Å². The molecule has 0 N–H and O–H groups in total. The van der Waals surface area contributed by atoms with Crippen molar-refractivity contribution in [3.63, 3.8) is 0 Å². The first kappa shape index (κ1) is 31.1. The molecule has 2 fully saturated rings. The number of hydrogen-bond acceptors (Lipinski definition) is 6. The van der Waals surface area contributed by atoms with Crippen LogP contribution in [-0.2, 0) is 19.0 Å². The highest BCUT2D eigenvalue weighted by Gasteiger charge is 2.34. The molecule has 0 saturated carbocycles. The molecule has 2 aliphatic rings. The van der Waals surface area contributed by atoms with Crippen LogP contribution in [0.4, 0.5) is 0 Å². The van der Waals surface area contributed by atoms with Crippen molar-refractivity contribution in [2.75, 3.05) is 39.3 Å². The Bertz CT molecular complexity index is 617. The van der Waals surface area contributed by atoms with E-state index in [1.807, 2.05) is 20.8 Å². The SMILES string of the molecule is C=C(CCCCCCCN1CC2CN(CCCCCCCC(=O)OC(C)(C)C)CC(C1)O2)OC(C)C. The van der Waals surface area contributed by atoms with Gasteiger partial charge in [0.2, 0.25) is 0 Å². The molecule has 0 spiro atoms. The molecule has 0 radical (unpaired) electrons. The molecule has 210 valence electrons. The molecule has 6 nitrogen and oxygen atoms in total. The van der Waals surface area contributed by atoms with Crippen LogP contribution in [0, 0.1) is 0 Å². The summed E-state index contributed by atoms with van der Waals surface area (Å²) in [4.78, 5) is 17.0. The number of unbranched alkanes of at least 4 members (excludes halogenated alkanes) is 8. The molecule has 2 heterocycles. The van der Waals surface area contributed by atoms with E-state index in [1.54, 1.807) is 0 Å². The maximum Gasteiger partial charge on any atom is 0.306 e. The first-order valence-electron chi connectivity index (χ1n) is 14.8. The number of hydrogen-bond donors (Lipinski definition) is 0. The Morgan fingerprint density at radius 2 is 1.25 bits per heavy atom. The zero-order valence-corrected chi connectivity index (χ0v) is 24.2. The normalized spacial score (nSPS) is 21.1. The lowest BCUT2D eigenvalue weighted by atomic mass is 10.1. The molecular weight excluding hydrogens is 452 g/mol. The molecule has 2 rings (SSSR count).